The molecule has 0 bridgehead atoms. The molecule has 0 radical (unpaired) electrons. The molecule has 0 fully saturated rings. The zero-order chi connectivity index (χ0) is 37.0. The van der Waals surface area contributed by atoms with Crippen molar-refractivity contribution in [2.24, 2.45) is 0 Å². The molecule has 300 valence electrons. The molecule has 0 aliphatic heterocycles. The number of hydrogen-bond donors (Lipinski definition) is 1. The summed E-state index contributed by atoms with van der Waals surface area (Å²) in [6.07, 6.45) is 35.5. The van der Waals surface area contributed by atoms with E-state index in [0.29, 0.717) is 24.1 Å². The van der Waals surface area contributed by atoms with Crippen LogP contribution >= 0.6 is 7.82 Å². The fraction of sp³-hybridized carbons (Fsp3) is 0.976. The third kappa shape index (κ3) is 38.7. The highest BCUT2D eigenvalue weighted by Gasteiger charge is 2.26. The molecule has 0 amide bonds. The normalized spacial score (nSPS) is 13.8. The lowest BCUT2D eigenvalue weighted by atomic mass is 10.0. The van der Waals surface area contributed by atoms with Crippen molar-refractivity contribution in [3.63, 3.8) is 0 Å². The molecule has 8 nitrogen and oxygen atoms in total. The lowest BCUT2D eigenvalue weighted by Gasteiger charge is -2.24. The summed E-state index contributed by atoms with van der Waals surface area (Å²) in [4.78, 5) is 22.8. The summed E-state index contributed by atoms with van der Waals surface area (Å²) in [7, 11) is 1.68. The number of esters is 1. The van der Waals surface area contributed by atoms with Gasteiger partial charge in [-0.1, -0.05) is 181 Å². The first-order chi connectivity index (χ1) is 24.1. The highest BCUT2D eigenvalue weighted by Crippen LogP contribution is 2.43. The van der Waals surface area contributed by atoms with Gasteiger partial charge in [0.15, 0.2) is 0 Å². The first-order valence-corrected chi connectivity index (χ1v) is 22.8. The fourth-order valence-corrected chi connectivity index (χ4v) is 6.82. The summed E-state index contributed by atoms with van der Waals surface area (Å²) in [5, 5.41) is 0. The second kappa shape index (κ2) is 35.5. The predicted molar refractivity (Wildman–Crippen MR) is 211 cm³/mol. The lowest BCUT2D eigenvalue weighted by molar-refractivity contribution is -0.870. The van der Waals surface area contributed by atoms with E-state index in [2.05, 4.69) is 13.8 Å². The van der Waals surface area contributed by atoms with E-state index in [0.717, 1.165) is 32.1 Å². The minimum absolute atomic E-state index is 0.0937. The Balaban J connectivity index is 4.19. The Morgan fingerprint density at radius 3 is 1.32 bits per heavy atom. The molecule has 0 rings (SSSR count). The standard InChI is InChI=1S/C41H84NO7P/c1-6-8-10-12-14-16-18-20-21-22-23-25-27-29-31-33-36-46-38-40(39-48-50(44,45)47-37-35-42(3,4)5)49-41(43)34-32-30-28-26-24-19-17-15-13-11-9-7-2/h40H,6-39H2,1-5H3/p+1/t40-/m1/s1. The van der Waals surface area contributed by atoms with Crippen molar-refractivity contribution in [2.45, 2.75) is 206 Å². The van der Waals surface area contributed by atoms with Gasteiger partial charge in [-0.05, 0) is 12.8 Å². The Morgan fingerprint density at radius 2 is 0.920 bits per heavy atom. The summed E-state index contributed by atoms with van der Waals surface area (Å²) >= 11 is 0. The molecule has 1 unspecified atom stereocenters. The Morgan fingerprint density at radius 1 is 0.540 bits per heavy atom. The molecule has 1 N–H and O–H groups in total. The number of unbranched alkanes of at least 4 members (excludes halogenated alkanes) is 26. The van der Waals surface area contributed by atoms with Crippen LogP contribution in [-0.2, 0) is 27.9 Å². The third-order valence-electron chi connectivity index (χ3n) is 9.42. The lowest BCUT2D eigenvalue weighted by Crippen LogP contribution is -2.37. The van der Waals surface area contributed by atoms with Crippen molar-refractivity contribution in [1.82, 2.24) is 0 Å². The SMILES string of the molecule is CCCCCCCCCCCCCCCCCCOC[C@H](COP(=O)(O)OCC[N+](C)(C)C)OC(=O)CCCCCCCCCCCCCC. The van der Waals surface area contributed by atoms with Crippen LogP contribution in [0.1, 0.15) is 200 Å². The molecule has 2 atom stereocenters. The summed E-state index contributed by atoms with van der Waals surface area (Å²) in [6, 6.07) is 0. The van der Waals surface area contributed by atoms with Gasteiger partial charge in [-0.15, -0.1) is 0 Å². The molecule has 9 heteroatoms. The smallest absolute Gasteiger partial charge is 0.457 e. The fourth-order valence-electron chi connectivity index (χ4n) is 6.08. The third-order valence-corrected chi connectivity index (χ3v) is 10.4. The molecule has 0 aliphatic carbocycles. The number of quaternary nitrogens is 1. The van der Waals surface area contributed by atoms with Gasteiger partial charge in [-0.3, -0.25) is 13.8 Å². The Kier molecular flexibility index (Phi) is 35.2. The minimum Gasteiger partial charge on any atom is -0.457 e. The van der Waals surface area contributed by atoms with Crippen molar-refractivity contribution in [2.75, 3.05) is 54.1 Å². The molecule has 0 aliphatic rings. The van der Waals surface area contributed by atoms with Gasteiger partial charge in [-0.25, -0.2) is 4.57 Å². The molecule has 0 aromatic carbocycles. The van der Waals surface area contributed by atoms with Crippen LogP contribution in [0.3, 0.4) is 0 Å². The summed E-state index contributed by atoms with van der Waals surface area (Å²) < 4.78 is 34.9. The number of hydrogen-bond acceptors (Lipinski definition) is 6. The maximum atomic E-state index is 12.6. The van der Waals surface area contributed by atoms with E-state index >= 15 is 0 Å². The maximum absolute atomic E-state index is 12.6. The Bertz CT molecular complexity index is 777. The minimum atomic E-state index is -4.26. The van der Waals surface area contributed by atoms with E-state index in [1.165, 1.54) is 148 Å². The Labute approximate surface area is 310 Å². The second-order valence-corrected chi connectivity index (χ2v) is 17.2. The van der Waals surface area contributed by atoms with Crippen LogP contribution in [0, 0.1) is 0 Å². The van der Waals surface area contributed by atoms with Gasteiger partial charge in [0, 0.05) is 13.0 Å². The maximum Gasteiger partial charge on any atom is 0.472 e. The molecule has 0 aromatic rings. The molecule has 50 heavy (non-hydrogen) atoms. The van der Waals surface area contributed by atoms with Crippen molar-refractivity contribution in [1.29, 1.82) is 0 Å². The van der Waals surface area contributed by atoms with E-state index in [4.69, 9.17) is 18.5 Å². The second-order valence-electron chi connectivity index (χ2n) is 15.7. The zero-order valence-corrected chi connectivity index (χ0v) is 34.8. The van der Waals surface area contributed by atoms with Gasteiger partial charge >= 0.3 is 13.8 Å². The van der Waals surface area contributed by atoms with Gasteiger partial charge in [0.05, 0.1) is 34.4 Å². The molecular weight excluding hydrogens is 649 g/mol. The van der Waals surface area contributed by atoms with Crippen LogP contribution in [0.5, 0.6) is 0 Å². The number of phosphoric ester groups is 1. The number of ether oxygens (including phenoxy) is 2. The van der Waals surface area contributed by atoms with Gasteiger partial charge in [0.1, 0.15) is 19.3 Å². The van der Waals surface area contributed by atoms with Gasteiger partial charge in [-0.2, -0.15) is 0 Å². The number of likely N-dealkylation sites (N-methyl/N-ethyl adjacent to an activating group) is 1. The van der Waals surface area contributed by atoms with E-state index in [9.17, 15) is 14.3 Å². The van der Waals surface area contributed by atoms with Crippen molar-refractivity contribution in [3.8, 4) is 0 Å². The monoisotopic (exact) mass is 735 g/mol. The van der Waals surface area contributed by atoms with Gasteiger partial charge < -0.3 is 18.9 Å². The van der Waals surface area contributed by atoms with Crippen LogP contribution in [0.25, 0.3) is 0 Å². The number of carbonyl (C=O) groups excluding carboxylic acids is 1. The molecule has 0 heterocycles. The first-order valence-electron chi connectivity index (χ1n) is 21.3. The average Bonchev–Trinajstić information content (AvgIpc) is 3.06. The van der Waals surface area contributed by atoms with E-state index in [1.54, 1.807) is 0 Å². The van der Waals surface area contributed by atoms with Crippen molar-refractivity contribution < 1.29 is 37.3 Å². The Hall–Kier alpha value is -0.500. The zero-order valence-electron chi connectivity index (χ0n) is 33.9. The van der Waals surface area contributed by atoms with Crippen LogP contribution in [-0.4, -0.2) is 75.6 Å². The highest BCUT2D eigenvalue weighted by atomic mass is 31.2. The predicted octanol–water partition coefficient (Wildman–Crippen LogP) is 12.1. The van der Waals surface area contributed by atoms with Crippen LogP contribution in [0.4, 0.5) is 0 Å². The topological polar surface area (TPSA) is 91.3 Å². The average molecular weight is 735 g/mol. The quantitative estimate of drug-likeness (QED) is 0.0290. The van der Waals surface area contributed by atoms with Crippen LogP contribution in [0.2, 0.25) is 0 Å². The summed E-state index contributed by atoms with van der Waals surface area (Å²) in [5.41, 5.74) is 0. The van der Waals surface area contributed by atoms with Gasteiger partial charge in [0.25, 0.3) is 0 Å². The number of nitrogens with zero attached hydrogens (tertiary/aromatic N) is 1. The first kappa shape index (κ1) is 49.5. The molecule has 0 saturated heterocycles. The van der Waals surface area contributed by atoms with Crippen LogP contribution in [0.15, 0.2) is 0 Å². The van der Waals surface area contributed by atoms with Crippen LogP contribution < -0.4 is 0 Å². The molecule has 0 spiro atoms. The van der Waals surface area contributed by atoms with Crippen molar-refractivity contribution >= 4 is 13.8 Å². The molecule has 0 saturated carbocycles. The molecular formula is C41H85NO7P+. The number of phosphoric acid groups is 1. The van der Waals surface area contributed by atoms with E-state index in [-0.39, 0.29) is 25.8 Å². The van der Waals surface area contributed by atoms with Gasteiger partial charge in [0.2, 0.25) is 0 Å². The van der Waals surface area contributed by atoms with E-state index < -0.39 is 13.9 Å². The summed E-state index contributed by atoms with van der Waals surface area (Å²) in [6.45, 7) is 5.67. The van der Waals surface area contributed by atoms with Crippen molar-refractivity contribution in [3.05, 3.63) is 0 Å². The largest absolute Gasteiger partial charge is 0.472 e. The molecule has 0 aromatic heterocycles. The highest BCUT2D eigenvalue weighted by molar-refractivity contribution is 7.47. The number of carbonyl (C=O) groups is 1. The summed E-state index contributed by atoms with van der Waals surface area (Å²) in [5.74, 6) is -0.310. The number of rotatable bonds is 40. The van der Waals surface area contributed by atoms with E-state index in [1.807, 2.05) is 21.1 Å².